The van der Waals surface area contributed by atoms with Crippen molar-refractivity contribution < 1.29 is 19.1 Å². The van der Waals surface area contributed by atoms with Gasteiger partial charge in [0.15, 0.2) is 0 Å². The SMILES string of the molecule is O=C(NCc1ccc(F)cc1)NC(Cc1c[nH]c2ccccc12)C(=O)O. The fourth-order valence-electron chi connectivity index (χ4n) is 2.71. The Labute approximate surface area is 149 Å². The maximum atomic E-state index is 12.9. The number of H-pyrrole nitrogens is 1. The monoisotopic (exact) mass is 355 g/mol. The van der Waals surface area contributed by atoms with Crippen molar-refractivity contribution >= 4 is 22.9 Å². The van der Waals surface area contributed by atoms with E-state index in [-0.39, 0.29) is 18.8 Å². The molecule has 26 heavy (non-hydrogen) atoms. The third-order valence-corrected chi connectivity index (χ3v) is 4.07. The molecular formula is C19H18FN3O3. The molecule has 0 spiro atoms. The van der Waals surface area contributed by atoms with Crippen molar-refractivity contribution in [1.29, 1.82) is 0 Å². The average Bonchev–Trinajstić information content (AvgIpc) is 3.04. The number of fused-ring (bicyclic) bond motifs is 1. The van der Waals surface area contributed by atoms with E-state index in [2.05, 4.69) is 15.6 Å². The van der Waals surface area contributed by atoms with Crippen LogP contribution in [0.1, 0.15) is 11.1 Å². The van der Waals surface area contributed by atoms with Gasteiger partial charge in [0.1, 0.15) is 11.9 Å². The highest BCUT2D eigenvalue weighted by Crippen LogP contribution is 2.19. The number of carbonyl (C=O) groups excluding carboxylic acids is 1. The number of amides is 2. The van der Waals surface area contributed by atoms with Crippen LogP contribution in [-0.2, 0) is 17.8 Å². The normalized spacial score (nSPS) is 11.9. The van der Waals surface area contributed by atoms with E-state index in [0.717, 1.165) is 16.5 Å². The zero-order chi connectivity index (χ0) is 18.5. The van der Waals surface area contributed by atoms with Gasteiger partial charge in [-0.15, -0.1) is 0 Å². The lowest BCUT2D eigenvalue weighted by atomic mass is 10.1. The number of carboxylic acids is 1. The van der Waals surface area contributed by atoms with Crippen molar-refractivity contribution in [2.45, 2.75) is 19.0 Å². The van der Waals surface area contributed by atoms with Crippen LogP contribution in [0.25, 0.3) is 10.9 Å². The Morgan fingerprint density at radius 1 is 1.12 bits per heavy atom. The van der Waals surface area contributed by atoms with Gasteiger partial charge in [0, 0.05) is 30.1 Å². The second-order valence-electron chi connectivity index (χ2n) is 5.91. The Hall–Kier alpha value is -3.35. The highest BCUT2D eigenvalue weighted by atomic mass is 19.1. The number of para-hydroxylation sites is 1. The molecule has 3 aromatic rings. The predicted molar refractivity (Wildman–Crippen MR) is 95.2 cm³/mol. The molecule has 0 saturated heterocycles. The van der Waals surface area contributed by atoms with Crippen molar-refractivity contribution in [3.05, 3.63) is 71.7 Å². The Bertz CT molecular complexity index is 921. The maximum absolute atomic E-state index is 12.9. The maximum Gasteiger partial charge on any atom is 0.326 e. The van der Waals surface area contributed by atoms with E-state index in [1.807, 2.05) is 24.3 Å². The number of urea groups is 1. The number of carboxylic acid groups (broad SMARTS) is 1. The van der Waals surface area contributed by atoms with Gasteiger partial charge in [-0.05, 0) is 29.3 Å². The summed E-state index contributed by atoms with van der Waals surface area (Å²) in [4.78, 5) is 26.6. The van der Waals surface area contributed by atoms with Crippen molar-refractivity contribution in [3.8, 4) is 0 Å². The predicted octanol–water partition coefficient (Wildman–Crippen LogP) is 2.80. The summed E-state index contributed by atoms with van der Waals surface area (Å²) in [6.07, 6.45) is 1.90. The highest BCUT2D eigenvalue weighted by Gasteiger charge is 2.21. The summed E-state index contributed by atoms with van der Waals surface area (Å²) in [5, 5.41) is 15.4. The molecule has 1 unspecified atom stereocenters. The van der Waals surface area contributed by atoms with Crippen LogP contribution in [0.4, 0.5) is 9.18 Å². The lowest BCUT2D eigenvalue weighted by molar-refractivity contribution is -0.139. The molecule has 0 bridgehead atoms. The van der Waals surface area contributed by atoms with E-state index in [1.54, 1.807) is 18.3 Å². The molecule has 1 heterocycles. The molecule has 2 aromatic carbocycles. The van der Waals surface area contributed by atoms with Gasteiger partial charge in [-0.25, -0.2) is 14.0 Å². The van der Waals surface area contributed by atoms with Gasteiger partial charge < -0.3 is 20.7 Å². The van der Waals surface area contributed by atoms with Gasteiger partial charge in [-0.3, -0.25) is 0 Å². The Balaban J connectivity index is 1.62. The number of halogens is 1. The van der Waals surface area contributed by atoms with Crippen molar-refractivity contribution in [3.63, 3.8) is 0 Å². The fraction of sp³-hybridized carbons (Fsp3) is 0.158. The third kappa shape index (κ3) is 4.18. The molecule has 3 rings (SSSR count). The zero-order valence-electron chi connectivity index (χ0n) is 13.8. The molecule has 0 fully saturated rings. The average molecular weight is 355 g/mol. The molecule has 0 aliphatic carbocycles. The van der Waals surface area contributed by atoms with Gasteiger partial charge in [0.2, 0.25) is 0 Å². The summed E-state index contributed by atoms with van der Waals surface area (Å²) >= 11 is 0. The lowest BCUT2D eigenvalue weighted by Gasteiger charge is -2.15. The molecule has 4 N–H and O–H groups in total. The Morgan fingerprint density at radius 2 is 1.85 bits per heavy atom. The minimum absolute atomic E-state index is 0.156. The first-order valence-electron chi connectivity index (χ1n) is 8.09. The molecule has 0 aliphatic heterocycles. The van der Waals surface area contributed by atoms with Crippen LogP contribution >= 0.6 is 0 Å². The summed E-state index contributed by atoms with van der Waals surface area (Å²) in [5.41, 5.74) is 2.43. The van der Waals surface area contributed by atoms with Crippen LogP contribution in [0.15, 0.2) is 54.7 Å². The van der Waals surface area contributed by atoms with Gasteiger partial charge in [-0.2, -0.15) is 0 Å². The number of aromatic nitrogens is 1. The second-order valence-corrected chi connectivity index (χ2v) is 5.91. The van der Waals surface area contributed by atoms with Crippen LogP contribution in [0.2, 0.25) is 0 Å². The van der Waals surface area contributed by atoms with Gasteiger partial charge in [0.05, 0.1) is 0 Å². The molecular weight excluding hydrogens is 337 g/mol. The Kier molecular flexibility index (Phi) is 5.17. The first-order valence-corrected chi connectivity index (χ1v) is 8.09. The molecule has 0 saturated carbocycles. The Morgan fingerprint density at radius 3 is 2.58 bits per heavy atom. The number of hydrogen-bond donors (Lipinski definition) is 4. The smallest absolute Gasteiger partial charge is 0.326 e. The van der Waals surface area contributed by atoms with E-state index in [0.29, 0.717) is 5.56 Å². The fourth-order valence-corrected chi connectivity index (χ4v) is 2.71. The molecule has 1 aromatic heterocycles. The summed E-state index contributed by atoms with van der Waals surface area (Å²) in [7, 11) is 0. The summed E-state index contributed by atoms with van der Waals surface area (Å²) < 4.78 is 12.9. The van der Waals surface area contributed by atoms with E-state index in [1.165, 1.54) is 12.1 Å². The molecule has 0 radical (unpaired) electrons. The summed E-state index contributed by atoms with van der Waals surface area (Å²) in [6.45, 7) is 0.172. The minimum Gasteiger partial charge on any atom is -0.480 e. The van der Waals surface area contributed by atoms with Crippen LogP contribution in [0.5, 0.6) is 0 Å². The van der Waals surface area contributed by atoms with Crippen molar-refractivity contribution in [1.82, 2.24) is 15.6 Å². The summed E-state index contributed by atoms with van der Waals surface area (Å²) in [6, 6.07) is 11.6. The number of hydrogen-bond acceptors (Lipinski definition) is 2. The van der Waals surface area contributed by atoms with Gasteiger partial charge in [0.25, 0.3) is 0 Å². The quantitative estimate of drug-likeness (QED) is 0.548. The number of aliphatic carboxylic acids is 1. The molecule has 134 valence electrons. The van der Waals surface area contributed by atoms with Crippen LogP contribution in [0, 0.1) is 5.82 Å². The highest BCUT2D eigenvalue weighted by molar-refractivity contribution is 5.86. The van der Waals surface area contributed by atoms with Crippen molar-refractivity contribution in [2.75, 3.05) is 0 Å². The van der Waals surface area contributed by atoms with Crippen LogP contribution in [0.3, 0.4) is 0 Å². The molecule has 1 atom stereocenters. The number of benzene rings is 2. The topological polar surface area (TPSA) is 94.2 Å². The van der Waals surface area contributed by atoms with Gasteiger partial charge >= 0.3 is 12.0 Å². The molecule has 2 amide bonds. The standard InChI is InChI=1S/C19H18FN3O3/c20-14-7-5-12(6-8-14)10-22-19(26)23-17(18(24)25)9-13-11-21-16-4-2-1-3-15(13)16/h1-8,11,17,21H,9-10H2,(H,24,25)(H2,22,23,26). The first kappa shape index (κ1) is 17.5. The summed E-state index contributed by atoms with van der Waals surface area (Å²) in [5.74, 6) is -1.48. The number of carbonyl (C=O) groups is 2. The minimum atomic E-state index is -1.12. The van der Waals surface area contributed by atoms with Crippen LogP contribution in [-0.4, -0.2) is 28.1 Å². The second kappa shape index (κ2) is 7.69. The number of aromatic amines is 1. The first-order chi connectivity index (χ1) is 12.5. The van der Waals surface area contributed by atoms with E-state index < -0.39 is 18.0 Å². The van der Waals surface area contributed by atoms with E-state index in [9.17, 15) is 19.1 Å². The van der Waals surface area contributed by atoms with E-state index >= 15 is 0 Å². The van der Waals surface area contributed by atoms with E-state index in [4.69, 9.17) is 0 Å². The number of rotatable bonds is 6. The zero-order valence-corrected chi connectivity index (χ0v) is 13.8. The molecule has 0 aliphatic rings. The van der Waals surface area contributed by atoms with Crippen molar-refractivity contribution in [2.24, 2.45) is 0 Å². The largest absolute Gasteiger partial charge is 0.480 e. The molecule has 7 heteroatoms. The van der Waals surface area contributed by atoms with Gasteiger partial charge in [-0.1, -0.05) is 30.3 Å². The number of nitrogens with one attached hydrogen (secondary N) is 3. The van der Waals surface area contributed by atoms with Crippen LogP contribution < -0.4 is 10.6 Å². The third-order valence-electron chi connectivity index (χ3n) is 4.07. The molecule has 6 nitrogen and oxygen atoms in total. The lowest BCUT2D eigenvalue weighted by Crippen LogP contribution is -2.46.